The van der Waals surface area contributed by atoms with Gasteiger partial charge in [-0.05, 0) is 37.8 Å². The van der Waals surface area contributed by atoms with E-state index >= 15 is 0 Å². The van der Waals surface area contributed by atoms with Gasteiger partial charge in [0.1, 0.15) is 0 Å². The highest BCUT2D eigenvalue weighted by molar-refractivity contribution is 14.0. The van der Waals surface area contributed by atoms with Crippen LogP contribution in [0.4, 0.5) is 0 Å². The molecule has 1 atom stereocenters. The van der Waals surface area contributed by atoms with Crippen LogP contribution < -0.4 is 10.6 Å². The Labute approximate surface area is 212 Å². The monoisotopic (exact) mass is 568 g/mol. The number of likely N-dealkylation sites (tertiary alicyclic amines) is 1. The van der Waals surface area contributed by atoms with Crippen LogP contribution in [-0.4, -0.2) is 53.0 Å². The molecular formula is C25H37IN4OS. The van der Waals surface area contributed by atoms with Crippen LogP contribution in [0.3, 0.4) is 0 Å². The molecule has 5 nitrogen and oxygen atoms in total. The van der Waals surface area contributed by atoms with Gasteiger partial charge in [0.15, 0.2) is 5.96 Å². The van der Waals surface area contributed by atoms with Crippen LogP contribution in [0.15, 0.2) is 59.6 Å². The van der Waals surface area contributed by atoms with E-state index in [4.69, 9.17) is 0 Å². The van der Waals surface area contributed by atoms with E-state index in [0.29, 0.717) is 24.1 Å². The van der Waals surface area contributed by atoms with E-state index in [1.807, 2.05) is 30.3 Å². The molecule has 1 unspecified atom stereocenters. The molecule has 32 heavy (non-hydrogen) atoms. The van der Waals surface area contributed by atoms with Crippen LogP contribution >= 0.6 is 24.0 Å². The molecule has 0 aliphatic carbocycles. The van der Waals surface area contributed by atoms with E-state index in [-0.39, 0.29) is 24.0 Å². The minimum Gasteiger partial charge on any atom is -0.357 e. The maximum Gasteiger partial charge on any atom is 0.191 e. The Morgan fingerprint density at radius 1 is 1.09 bits per heavy atom. The smallest absolute Gasteiger partial charge is 0.191 e. The zero-order chi connectivity index (χ0) is 21.9. The number of aryl methyl sites for hydroxylation is 1. The second-order valence-electron chi connectivity index (χ2n) is 8.22. The lowest BCUT2D eigenvalue weighted by Crippen LogP contribution is -2.48. The number of halogens is 1. The number of rotatable bonds is 9. The second kappa shape index (κ2) is 14.6. The van der Waals surface area contributed by atoms with Crippen molar-refractivity contribution in [3.8, 4) is 0 Å². The van der Waals surface area contributed by atoms with Crippen molar-refractivity contribution >= 4 is 40.7 Å². The van der Waals surface area contributed by atoms with Crippen LogP contribution in [0.25, 0.3) is 0 Å². The number of hydrogen-bond donors (Lipinski definition) is 2. The van der Waals surface area contributed by atoms with Gasteiger partial charge in [-0.1, -0.05) is 60.2 Å². The summed E-state index contributed by atoms with van der Waals surface area (Å²) < 4.78 is 12.3. The fourth-order valence-corrected chi connectivity index (χ4v) is 4.91. The van der Waals surface area contributed by atoms with Gasteiger partial charge < -0.3 is 10.6 Å². The van der Waals surface area contributed by atoms with E-state index in [1.165, 1.54) is 11.1 Å². The maximum absolute atomic E-state index is 12.3. The third kappa shape index (κ3) is 9.58. The molecule has 0 saturated carbocycles. The van der Waals surface area contributed by atoms with Gasteiger partial charge in [0.25, 0.3) is 0 Å². The fourth-order valence-electron chi connectivity index (χ4n) is 3.91. The summed E-state index contributed by atoms with van der Waals surface area (Å²) in [4.78, 5) is 7.20. The number of guanidine groups is 1. The van der Waals surface area contributed by atoms with Gasteiger partial charge >= 0.3 is 0 Å². The fraction of sp³-hybridized carbons (Fsp3) is 0.480. The SMILES string of the molecule is CCNC(=NCCS(=O)Cc1ccccc1)NC1CCN(Cc2cccc(C)c2)CC1.I. The van der Waals surface area contributed by atoms with Crippen LogP contribution in [0.1, 0.15) is 36.5 Å². The van der Waals surface area contributed by atoms with E-state index in [2.05, 4.69) is 58.6 Å². The van der Waals surface area contributed by atoms with Crippen molar-refractivity contribution in [1.82, 2.24) is 15.5 Å². The lowest BCUT2D eigenvalue weighted by Gasteiger charge is -2.33. The normalized spacial score (nSPS) is 16.2. The first-order valence-corrected chi connectivity index (χ1v) is 12.8. The van der Waals surface area contributed by atoms with Crippen molar-refractivity contribution in [1.29, 1.82) is 0 Å². The molecular weight excluding hydrogens is 531 g/mol. The van der Waals surface area contributed by atoms with Gasteiger partial charge in [0.2, 0.25) is 0 Å². The summed E-state index contributed by atoms with van der Waals surface area (Å²) in [6.45, 7) is 8.83. The summed E-state index contributed by atoms with van der Waals surface area (Å²) in [5, 5.41) is 6.92. The first kappa shape index (κ1) is 26.8. The summed E-state index contributed by atoms with van der Waals surface area (Å²) in [7, 11) is -0.893. The molecule has 2 aromatic rings. The van der Waals surface area contributed by atoms with Gasteiger partial charge in [0.05, 0.1) is 6.54 Å². The van der Waals surface area contributed by atoms with Crippen molar-refractivity contribution in [2.75, 3.05) is 31.9 Å². The largest absolute Gasteiger partial charge is 0.357 e. The van der Waals surface area contributed by atoms with E-state index in [0.717, 1.165) is 50.5 Å². The Kier molecular flexibility index (Phi) is 12.3. The number of aliphatic imine (C=N–C) groups is 1. The van der Waals surface area contributed by atoms with E-state index in [1.54, 1.807) is 0 Å². The van der Waals surface area contributed by atoms with Gasteiger partial charge in [-0.3, -0.25) is 14.1 Å². The highest BCUT2D eigenvalue weighted by Gasteiger charge is 2.20. The summed E-state index contributed by atoms with van der Waals surface area (Å²) >= 11 is 0. The van der Waals surface area contributed by atoms with Crippen LogP contribution in [-0.2, 0) is 23.1 Å². The minimum absolute atomic E-state index is 0. The molecule has 1 fully saturated rings. The number of benzene rings is 2. The van der Waals surface area contributed by atoms with Crippen molar-refractivity contribution in [3.63, 3.8) is 0 Å². The van der Waals surface area contributed by atoms with Gasteiger partial charge in [0, 0.05) is 54.5 Å². The highest BCUT2D eigenvalue weighted by atomic mass is 127. The van der Waals surface area contributed by atoms with E-state index < -0.39 is 10.8 Å². The first-order chi connectivity index (χ1) is 15.1. The zero-order valence-corrected chi connectivity index (χ0v) is 22.4. The molecule has 0 bridgehead atoms. The predicted octanol–water partition coefficient (Wildman–Crippen LogP) is 4.08. The Hall–Kier alpha value is -1.45. The van der Waals surface area contributed by atoms with Crippen molar-refractivity contribution in [2.45, 2.75) is 45.0 Å². The molecule has 1 aliphatic heterocycles. The summed E-state index contributed by atoms with van der Waals surface area (Å²) in [6, 6.07) is 19.2. The first-order valence-electron chi connectivity index (χ1n) is 11.3. The Morgan fingerprint density at radius 2 is 1.81 bits per heavy atom. The molecule has 1 aliphatic rings. The predicted molar refractivity (Wildman–Crippen MR) is 147 cm³/mol. The topological polar surface area (TPSA) is 56.7 Å². The Bertz CT molecular complexity index is 854. The summed E-state index contributed by atoms with van der Waals surface area (Å²) in [5.74, 6) is 2.02. The Morgan fingerprint density at radius 3 is 2.50 bits per heavy atom. The van der Waals surface area contributed by atoms with Crippen molar-refractivity contribution in [2.24, 2.45) is 4.99 Å². The molecule has 0 amide bonds. The molecule has 2 N–H and O–H groups in total. The van der Waals surface area contributed by atoms with Crippen molar-refractivity contribution in [3.05, 3.63) is 71.3 Å². The van der Waals surface area contributed by atoms with Crippen LogP contribution in [0.2, 0.25) is 0 Å². The lowest BCUT2D eigenvalue weighted by atomic mass is 10.0. The summed E-state index contributed by atoms with van der Waals surface area (Å²) in [6.07, 6.45) is 2.21. The molecule has 176 valence electrons. The lowest BCUT2D eigenvalue weighted by molar-refractivity contribution is 0.198. The quantitative estimate of drug-likeness (QED) is 0.272. The van der Waals surface area contributed by atoms with Gasteiger partial charge in [-0.15, -0.1) is 24.0 Å². The standard InChI is InChI=1S/C25H36N4OS.HI/c1-3-26-25(27-14-17-31(30)20-22-9-5-4-6-10-22)28-24-12-15-29(16-13-24)19-23-11-7-8-21(2)18-23;/h4-11,18,24H,3,12-17,19-20H2,1-2H3,(H2,26,27,28);1H. The third-order valence-corrected chi connectivity index (χ3v) is 6.81. The molecule has 0 spiro atoms. The summed E-state index contributed by atoms with van der Waals surface area (Å²) in [5.41, 5.74) is 3.84. The molecule has 2 aromatic carbocycles. The molecule has 0 radical (unpaired) electrons. The highest BCUT2D eigenvalue weighted by Crippen LogP contribution is 2.14. The van der Waals surface area contributed by atoms with Crippen LogP contribution in [0.5, 0.6) is 0 Å². The second-order valence-corrected chi connectivity index (χ2v) is 9.79. The number of nitrogens with one attached hydrogen (secondary N) is 2. The molecule has 7 heteroatoms. The van der Waals surface area contributed by atoms with Crippen LogP contribution in [0, 0.1) is 6.92 Å². The number of piperidine rings is 1. The molecule has 1 saturated heterocycles. The number of hydrogen-bond acceptors (Lipinski definition) is 3. The Balaban J connectivity index is 0.00000363. The zero-order valence-electron chi connectivity index (χ0n) is 19.3. The van der Waals surface area contributed by atoms with E-state index in [9.17, 15) is 4.21 Å². The third-order valence-electron chi connectivity index (χ3n) is 5.52. The van der Waals surface area contributed by atoms with Gasteiger partial charge in [-0.2, -0.15) is 0 Å². The maximum atomic E-state index is 12.3. The van der Waals surface area contributed by atoms with Crippen molar-refractivity contribution < 1.29 is 4.21 Å². The molecule has 3 rings (SSSR count). The van der Waals surface area contributed by atoms with Gasteiger partial charge in [-0.25, -0.2) is 0 Å². The minimum atomic E-state index is -0.893. The average molecular weight is 569 g/mol. The average Bonchev–Trinajstić information content (AvgIpc) is 2.76. The molecule has 1 heterocycles. The number of nitrogens with zero attached hydrogens (tertiary/aromatic N) is 2. The molecule has 0 aromatic heterocycles.